The van der Waals surface area contributed by atoms with Crippen LogP contribution >= 0.6 is 11.6 Å². The van der Waals surface area contributed by atoms with Crippen LogP contribution in [0.25, 0.3) is 0 Å². The normalized spacial score (nSPS) is 10.3. The molecule has 0 aliphatic heterocycles. The number of carbonyl (C=O) groups excluding carboxylic acids is 1. The zero-order chi connectivity index (χ0) is 14.3. The number of nitrogens with zero attached hydrogens (tertiary/aromatic N) is 1. The molecule has 0 bridgehead atoms. The lowest BCUT2D eigenvalue weighted by Gasteiger charge is -2.12. The highest BCUT2D eigenvalue weighted by Gasteiger charge is 2.06. The Morgan fingerprint density at radius 1 is 1.42 bits per heavy atom. The quantitative estimate of drug-likeness (QED) is 0.835. The van der Waals surface area contributed by atoms with Gasteiger partial charge < -0.3 is 15.0 Å². The lowest BCUT2D eigenvalue weighted by molar-refractivity contribution is -0.129. The van der Waals surface area contributed by atoms with Gasteiger partial charge in [0.05, 0.1) is 18.1 Å². The number of carbonyl (C=O) groups is 1. The van der Waals surface area contributed by atoms with Crippen LogP contribution < -0.4 is 10.1 Å². The van der Waals surface area contributed by atoms with Crippen molar-refractivity contribution >= 4 is 17.5 Å². The molecule has 1 aromatic rings. The Hall–Kier alpha value is -1.26. The summed E-state index contributed by atoms with van der Waals surface area (Å²) in [4.78, 5) is 12.9. The second-order valence-corrected chi connectivity index (χ2v) is 4.84. The highest BCUT2D eigenvalue weighted by atomic mass is 35.5. The maximum Gasteiger partial charge on any atom is 0.225 e. The number of benzene rings is 1. The summed E-state index contributed by atoms with van der Waals surface area (Å²) in [5, 5.41) is 3.81. The molecule has 5 heteroatoms. The van der Waals surface area contributed by atoms with E-state index in [-0.39, 0.29) is 5.91 Å². The van der Waals surface area contributed by atoms with E-state index in [1.54, 1.807) is 19.0 Å². The van der Waals surface area contributed by atoms with Gasteiger partial charge in [-0.25, -0.2) is 0 Å². The van der Waals surface area contributed by atoms with Gasteiger partial charge in [0.2, 0.25) is 5.91 Å². The van der Waals surface area contributed by atoms with Crippen molar-refractivity contribution in [2.45, 2.75) is 19.9 Å². The van der Waals surface area contributed by atoms with Crippen LogP contribution in [0.1, 0.15) is 18.9 Å². The van der Waals surface area contributed by atoms with Gasteiger partial charge in [-0.15, -0.1) is 0 Å². The Morgan fingerprint density at radius 3 is 2.74 bits per heavy atom. The van der Waals surface area contributed by atoms with Crippen molar-refractivity contribution in [2.24, 2.45) is 0 Å². The van der Waals surface area contributed by atoms with Gasteiger partial charge in [-0.2, -0.15) is 0 Å². The summed E-state index contributed by atoms with van der Waals surface area (Å²) in [6.07, 6.45) is 0.350. The topological polar surface area (TPSA) is 41.6 Å². The van der Waals surface area contributed by atoms with E-state index in [2.05, 4.69) is 12.2 Å². The highest BCUT2D eigenvalue weighted by molar-refractivity contribution is 6.32. The Balaban J connectivity index is 2.48. The molecule has 0 fully saturated rings. The van der Waals surface area contributed by atoms with E-state index in [0.717, 1.165) is 18.7 Å². The number of amides is 1. The molecule has 1 N–H and O–H groups in total. The van der Waals surface area contributed by atoms with Crippen molar-refractivity contribution in [2.75, 3.05) is 27.2 Å². The van der Waals surface area contributed by atoms with Gasteiger partial charge in [0.1, 0.15) is 5.75 Å². The average molecular weight is 285 g/mol. The minimum atomic E-state index is 0.0416. The van der Waals surface area contributed by atoms with Crippen molar-refractivity contribution in [3.05, 3.63) is 28.8 Å². The fourth-order valence-electron chi connectivity index (χ4n) is 1.51. The smallest absolute Gasteiger partial charge is 0.225 e. The maximum atomic E-state index is 11.4. The molecule has 0 saturated heterocycles. The van der Waals surface area contributed by atoms with E-state index >= 15 is 0 Å². The molecule has 1 rings (SSSR count). The van der Waals surface area contributed by atoms with E-state index in [9.17, 15) is 4.79 Å². The van der Waals surface area contributed by atoms with Crippen molar-refractivity contribution in [1.82, 2.24) is 10.2 Å². The number of hydrogen-bond donors (Lipinski definition) is 1. The number of rotatable bonds is 7. The molecule has 1 aromatic carbocycles. The van der Waals surface area contributed by atoms with Crippen LogP contribution in [0, 0.1) is 0 Å². The van der Waals surface area contributed by atoms with Crippen molar-refractivity contribution in [3.8, 4) is 5.75 Å². The number of nitrogens with one attached hydrogen (secondary N) is 1. The molecule has 0 saturated carbocycles. The zero-order valence-corrected chi connectivity index (χ0v) is 12.5. The standard InChI is InChI=1S/C14H21ClN2O2/c1-4-16-10-11-5-6-13(12(15)9-11)19-8-7-14(18)17(2)3/h5-6,9,16H,4,7-8,10H2,1-3H3. The molecule has 0 aromatic heterocycles. The summed E-state index contributed by atoms with van der Waals surface area (Å²) < 4.78 is 5.52. The first-order valence-electron chi connectivity index (χ1n) is 6.36. The molecule has 0 aliphatic carbocycles. The lowest BCUT2D eigenvalue weighted by Crippen LogP contribution is -2.23. The van der Waals surface area contributed by atoms with E-state index in [1.807, 2.05) is 18.2 Å². The average Bonchev–Trinajstić information content (AvgIpc) is 2.38. The third kappa shape index (κ3) is 5.49. The molecule has 106 valence electrons. The molecular formula is C14H21ClN2O2. The van der Waals surface area contributed by atoms with Gasteiger partial charge in [-0.1, -0.05) is 24.6 Å². The monoisotopic (exact) mass is 284 g/mol. The van der Waals surface area contributed by atoms with Crippen molar-refractivity contribution in [1.29, 1.82) is 0 Å². The lowest BCUT2D eigenvalue weighted by atomic mass is 10.2. The summed E-state index contributed by atoms with van der Waals surface area (Å²) in [5.74, 6) is 0.661. The molecule has 0 spiro atoms. The SMILES string of the molecule is CCNCc1ccc(OCCC(=O)N(C)C)c(Cl)c1. The van der Waals surface area contributed by atoms with E-state index < -0.39 is 0 Å². The first-order chi connectivity index (χ1) is 9.04. The van der Waals surface area contributed by atoms with Crippen LogP contribution in [0.2, 0.25) is 5.02 Å². The molecule has 19 heavy (non-hydrogen) atoms. The van der Waals surface area contributed by atoms with Crippen LogP contribution in [0.3, 0.4) is 0 Å². The predicted octanol–water partition coefficient (Wildman–Crippen LogP) is 2.31. The van der Waals surface area contributed by atoms with Crippen molar-refractivity contribution < 1.29 is 9.53 Å². The summed E-state index contributed by atoms with van der Waals surface area (Å²) >= 11 is 6.14. The summed E-state index contributed by atoms with van der Waals surface area (Å²) in [6, 6.07) is 5.69. The van der Waals surface area contributed by atoms with Crippen LogP contribution in [0.15, 0.2) is 18.2 Å². The Labute approximate surface area is 119 Å². The Bertz CT molecular complexity index is 422. The van der Waals surface area contributed by atoms with E-state index in [4.69, 9.17) is 16.3 Å². The first kappa shape index (κ1) is 15.8. The number of ether oxygens (including phenoxy) is 1. The maximum absolute atomic E-state index is 11.4. The van der Waals surface area contributed by atoms with Gasteiger partial charge in [-0.05, 0) is 24.2 Å². The molecule has 0 aliphatic rings. The summed E-state index contributed by atoms with van der Waals surface area (Å²) in [5.41, 5.74) is 1.11. The minimum absolute atomic E-state index is 0.0416. The molecule has 1 amide bonds. The van der Waals surface area contributed by atoms with Crippen LogP contribution in [0.4, 0.5) is 0 Å². The van der Waals surface area contributed by atoms with Gasteiger partial charge in [-0.3, -0.25) is 4.79 Å². The minimum Gasteiger partial charge on any atom is -0.491 e. The fraction of sp³-hybridized carbons (Fsp3) is 0.500. The van der Waals surface area contributed by atoms with Gasteiger partial charge in [0.25, 0.3) is 0 Å². The van der Waals surface area contributed by atoms with E-state index in [1.165, 1.54) is 0 Å². The van der Waals surface area contributed by atoms with Gasteiger partial charge in [0.15, 0.2) is 0 Å². The zero-order valence-electron chi connectivity index (χ0n) is 11.7. The third-order valence-corrected chi connectivity index (χ3v) is 2.94. The second-order valence-electron chi connectivity index (χ2n) is 4.43. The highest BCUT2D eigenvalue weighted by Crippen LogP contribution is 2.25. The molecule has 4 nitrogen and oxygen atoms in total. The molecule has 0 atom stereocenters. The number of hydrogen-bond acceptors (Lipinski definition) is 3. The molecule has 0 radical (unpaired) electrons. The third-order valence-electron chi connectivity index (χ3n) is 2.65. The summed E-state index contributed by atoms with van der Waals surface area (Å²) in [6.45, 7) is 4.10. The first-order valence-corrected chi connectivity index (χ1v) is 6.74. The predicted molar refractivity (Wildman–Crippen MR) is 77.6 cm³/mol. The largest absolute Gasteiger partial charge is 0.491 e. The van der Waals surface area contributed by atoms with E-state index in [0.29, 0.717) is 23.8 Å². The summed E-state index contributed by atoms with van der Waals surface area (Å²) in [7, 11) is 3.45. The molecule has 0 unspecified atom stereocenters. The van der Waals surface area contributed by atoms with Gasteiger partial charge >= 0.3 is 0 Å². The second kappa shape index (κ2) is 8.02. The number of halogens is 1. The molecule has 0 heterocycles. The fourth-order valence-corrected chi connectivity index (χ4v) is 1.77. The van der Waals surface area contributed by atoms with Gasteiger partial charge in [0, 0.05) is 20.6 Å². The Kier molecular flexibility index (Phi) is 6.67. The van der Waals surface area contributed by atoms with Crippen LogP contribution in [-0.4, -0.2) is 38.1 Å². The van der Waals surface area contributed by atoms with Crippen LogP contribution in [-0.2, 0) is 11.3 Å². The Morgan fingerprint density at radius 2 is 2.16 bits per heavy atom. The van der Waals surface area contributed by atoms with Crippen LogP contribution in [0.5, 0.6) is 5.75 Å². The van der Waals surface area contributed by atoms with Crippen molar-refractivity contribution in [3.63, 3.8) is 0 Å². The molecular weight excluding hydrogens is 264 g/mol.